The van der Waals surface area contributed by atoms with Gasteiger partial charge in [0.25, 0.3) is 5.56 Å². The molecule has 0 aliphatic heterocycles. The minimum absolute atomic E-state index is 0.0689. The Labute approximate surface area is 103 Å². The van der Waals surface area contributed by atoms with Crippen LogP contribution >= 0.6 is 0 Å². The van der Waals surface area contributed by atoms with E-state index in [9.17, 15) is 14.0 Å². The molecule has 0 aliphatic rings. The normalized spacial score (nSPS) is 11.5. The summed E-state index contributed by atoms with van der Waals surface area (Å²) >= 11 is 0. The number of allylic oxidation sites excluding steroid dienone is 1. The first-order valence-corrected chi connectivity index (χ1v) is 5.16. The van der Waals surface area contributed by atoms with Crippen LogP contribution < -0.4 is 11.0 Å². The van der Waals surface area contributed by atoms with Gasteiger partial charge in [-0.3, -0.25) is 9.59 Å². The van der Waals surface area contributed by atoms with Gasteiger partial charge in [-0.25, -0.2) is 9.60 Å². The van der Waals surface area contributed by atoms with Gasteiger partial charge >= 0.3 is 0 Å². The lowest BCUT2D eigenvalue weighted by atomic mass is 10.1. The zero-order valence-corrected chi connectivity index (χ0v) is 10.3. The average Bonchev–Trinajstić information content (AvgIpc) is 2.30. The molecule has 0 bridgehead atoms. The third-order valence-corrected chi connectivity index (χ3v) is 2.21. The van der Waals surface area contributed by atoms with Crippen molar-refractivity contribution in [3.63, 3.8) is 0 Å². The van der Waals surface area contributed by atoms with E-state index in [2.05, 4.69) is 4.98 Å². The molecule has 0 fully saturated rings. The van der Waals surface area contributed by atoms with Crippen molar-refractivity contribution in [1.82, 2.24) is 9.88 Å². The molecule has 7 heteroatoms. The zero-order valence-electron chi connectivity index (χ0n) is 10.3. The molecule has 0 aromatic carbocycles. The number of ketones is 1. The van der Waals surface area contributed by atoms with Gasteiger partial charge in [-0.2, -0.15) is 5.48 Å². The molecular formula is C11H15FN3O3+. The van der Waals surface area contributed by atoms with Crippen LogP contribution in [0.5, 0.6) is 0 Å². The SMILES string of the molecule is Cc1cc([NH2+]O)c(C(=O)/C(F)=C/N(C)C)[nH]c1=O. The summed E-state index contributed by atoms with van der Waals surface area (Å²) in [5, 5.41) is 8.99. The standard InChI is InChI=1S/C11H14FN3O3/c1-6-4-8(14-18)9(13-11(6)17)10(16)7(12)5-15(2)3/h4-5,14,18H,1-3H3,(H,13,17)/p+1/b7-5-. The Morgan fingerprint density at radius 3 is 2.67 bits per heavy atom. The number of aromatic amines is 1. The number of carbonyl (C=O) groups is 1. The lowest BCUT2D eigenvalue weighted by molar-refractivity contribution is -0.826. The van der Waals surface area contributed by atoms with Crippen molar-refractivity contribution in [2.45, 2.75) is 6.92 Å². The van der Waals surface area contributed by atoms with E-state index in [1.165, 1.54) is 17.9 Å². The summed E-state index contributed by atoms with van der Waals surface area (Å²) in [6.07, 6.45) is 0.988. The molecule has 1 rings (SSSR count). The van der Waals surface area contributed by atoms with Crippen molar-refractivity contribution in [2.75, 3.05) is 14.1 Å². The van der Waals surface area contributed by atoms with Gasteiger partial charge in [0.1, 0.15) is 0 Å². The lowest BCUT2D eigenvalue weighted by Crippen LogP contribution is -2.74. The van der Waals surface area contributed by atoms with E-state index < -0.39 is 17.2 Å². The van der Waals surface area contributed by atoms with Gasteiger partial charge < -0.3 is 9.88 Å². The van der Waals surface area contributed by atoms with Crippen LogP contribution in [0, 0.1) is 6.92 Å². The summed E-state index contributed by atoms with van der Waals surface area (Å²) in [6, 6.07) is 1.31. The van der Waals surface area contributed by atoms with E-state index in [4.69, 9.17) is 5.21 Å². The molecule has 4 N–H and O–H groups in total. The number of H-pyrrole nitrogens is 1. The van der Waals surface area contributed by atoms with Crippen molar-refractivity contribution in [3.05, 3.63) is 39.7 Å². The van der Waals surface area contributed by atoms with Crippen LogP contribution in [-0.2, 0) is 0 Å². The number of rotatable bonds is 4. The second kappa shape index (κ2) is 5.56. The monoisotopic (exact) mass is 256 g/mol. The summed E-state index contributed by atoms with van der Waals surface area (Å²) in [5.74, 6) is -2.01. The summed E-state index contributed by atoms with van der Waals surface area (Å²) < 4.78 is 13.5. The average molecular weight is 256 g/mol. The number of pyridine rings is 1. The van der Waals surface area contributed by atoms with Gasteiger partial charge in [-0.05, 0) is 6.92 Å². The maximum Gasteiger partial charge on any atom is 0.251 e. The third kappa shape index (κ3) is 3.02. The van der Waals surface area contributed by atoms with Crippen molar-refractivity contribution in [2.24, 2.45) is 0 Å². The van der Waals surface area contributed by atoms with Gasteiger partial charge in [0.2, 0.25) is 5.78 Å². The molecule has 1 heterocycles. The Hall–Kier alpha value is -1.99. The van der Waals surface area contributed by atoms with Crippen LogP contribution in [0.15, 0.2) is 22.9 Å². The highest BCUT2D eigenvalue weighted by molar-refractivity contribution is 6.08. The van der Waals surface area contributed by atoms with Crippen LogP contribution in [-0.4, -0.2) is 35.0 Å². The smallest absolute Gasteiger partial charge is 0.251 e. The number of aryl methyl sites for hydroxylation is 1. The molecule has 18 heavy (non-hydrogen) atoms. The topological polar surface area (TPSA) is 90.0 Å². The van der Waals surface area contributed by atoms with Crippen LogP contribution in [0.4, 0.5) is 10.1 Å². The Morgan fingerprint density at radius 2 is 2.17 bits per heavy atom. The molecule has 0 spiro atoms. The molecule has 1 aromatic heterocycles. The van der Waals surface area contributed by atoms with Crippen molar-refractivity contribution in [1.29, 1.82) is 0 Å². The predicted octanol–water partition coefficient (Wildman–Crippen LogP) is -0.177. The molecule has 0 saturated heterocycles. The molecule has 6 nitrogen and oxygen atoms in total. The summed E-state index contributed by atoms with van der Waals surface area (Å²) in [4.78, 5) is 26.8. The van der Waals surface area contributed by atoms with E-state index in [1.54, 1.807) is 14.1 Å². The van der Waals surface area contributed by atoms with Gasteiger partial charge in [0, 0.05) is 31.9 Å². The van der Waals surface area contributed by atoms with Crippen LogP contribution in [0.1, 0.15) is 16.1 Å². The fourth-order valence-corrected chi connectivity index (χ4v) is 1.35. The Kier molecular flexibility index (Phi) is 4.35. The number of hydrogen-bond donors (Lipinski definition) is 3. The Balaban J connectivity index is 3.29. The number of nitrogens with one attached hydrogen (secondary N) is 1. The Bertz CT molecular complexity index is 549. The molecular weight excluding hydrogens is 241 g/mol. The van der Waals surface area contributed by atoms with Gasteiger partial charge in [-0.15, -0.1) is 0 Å². The molecule has 0 unspecified atom stereocenters. The number of nitrogens with zero attached hydrogens (tertiary/aromatic N) is 1. The minimum atomic E-state index is -1.03. The lowest BCUT2D eigenvalue weighted by Gasteiger charge is -2.06. The maximum absolute atomic E-state index is 13.5. The van der Waals surface area contributed by atoms with E-state index in [-0.39, 0.29) is 11.4 Å². The molecule has 0 aliphatic carbocycles. The van der Waals surface area contributed by atoms with E-state index in [1.807, 2.05) is 0 Å². The number of halogens is 1. The van der Waals surface area contributed by atoms with Gasteiger partial charge in [-0.1, -0.05) is 0 Å². The van der Waals surface area contributed by atoms with Gasteiger partial charge in [0.05, 0.1) is 0 Å². The highest BCUT2D eigenvalue weighted by Crippen LogP contribution is 2.13. The van der Waals surface area contributed by atoms with Crippen LogP contribution in [0.3, 0.4) is 0 Å². The molecule has 0 saturated carbocycles. The number of hydrogen-bond acceptors (Lipinski definition) is 4. The first-order valence-electron chi connectivity index (χ1n) is 5.16. The highest BCUT2D eigenvalue weighted by atomic mass is 19.1. The second-order valence-electron chi connectivity index (χ2n) is 4.01. The molecule has 0 radical (unpaired) electrons. The highest BCUT2D eigenvalue weighted by Gasteiger charge is 2.21. The van der Waals surface area contributed by atoms with Crippen molar-refractivity contribution >= 4 is 11.5 Å². The second-order valence-corrected chi connectivity index (χ2v) is 4.01. The molecule has 98 valence electrons. The fourth-order valence-electron chi connectivity index (χ4n) is 1.35. The largest absolute Gasteiger partial charge is 0.381 e. The van der Waals surface area contributed by atoms with Crippen LogP contribution in [0.25, 0.3) is 0 Å². The fraction of sp³-hybridized carbons (Fsp3) is 0.273. The van der Waals surface area contributed by atoms with E-state index in [0.717, 1.165) is 6.20 Å². The third-order valence-electron chi connectivity index (χ3n) is 2.21. The number of quaternary nitrogens is 1. The minimum Gasteiger partial charge on any atom is -0.381 e. The molecule has 0 atom stereocenters. The van der Waals surface area contributed by atoms with E-state index >= 15 is 0 Å². The molecule has 1 aromatic rings. The number of carbonyl (C=O) groups excluding carboxylic acids is 1. The summed E-state index contributed by atoms with van der Waals surface area (Å²) in [5.41, 5.74) is 0.271. The number of nitrogens with two attached hydrogens (primary N) is 1. The Morgan fingerprint density at radius 1 is 1.56 bits per heavy atom. The first-order chi connectivity index (χ1) is 8.36. The van der Waals surface area contributed by atoms with Gasteiger partial charge in [0.15, 0.2) is 17.2 Å². The summed E-state index contributed by atoms with van der Waals surface area (Å²) in [6.45, 7) is 1.52. The van der Waals surface area contributed by atoms with E-state index in [0.29, 0.717) is 11.0 Å². The number of Topliss-reactive ketones (excluding diaryl/α,β-unsaturated/α-hetero) is 1. The number of aromatic nitrogens is 1. The van der Waals surface area contributed by atoms with Crippen molar-refractivity contribution in [3.8, 4) is 0 Å². The van der Waals surface area contributed by atoms with Crippen LogP contribution in [0.2, 0.25) is 0 Å². The van der Waals surface area contributed by atoms with Crippen molar-refractivity contribution < 1.29 is 19.9 Å². The molecule has 0 amide bonds. The quantitative estimate of drug-likeness (QED) is 0.396. The first kappa shape index (κ1) is 14.1. The zero-order chi connectivity index (χ0) is 13.9. The summed E-state index contributed by atoms with van der Waals surface area (Å²) in [7, 11) is 3.12. The maximum atomic E-state index is 13.5. The predicted molar refractivity (Wildman–Crippen MR) is 62.4 cm³/mol.